The molecule has 0 spiro atoms. The maximum absolute atomic E-state index is 5.82. The lowest BCUT2D eigenvalue weighted by Crippen LogP contribution is -2.22. The average molecular weight is 229 g/mol. The lowest BCUT2D eigenvalue weighted by atomic mass is 10.1. The van der Waals surface area contributed by atoms with Crippen LogP contribution in [0.15, 0.2) is 6.33 Å². The SMILES string of the molecule is CC(C)CCN(C)c1ncnc(Cl)c1N. The largest absolute Gasteiger partial charge is 0.393 e. The van der Waals surface area contributed by atoms with Gasteiger partial charge in [0.15, 0.2) is 11.0 Å². The number of nitrogens with two attached hydrogens (primary N) is 1. The molecule has 1 heterocycles. The highest BCUT2D eigenvalue weighted by Gasteiger charge is 2.10. The second kappa shape index (κ2) is 5.16. The molecule has 0 atom stereocenters. The Morgan fingerprint density at radius 2 is 2.13 bits per heavy atom. The maximum atomic E-state index is 5.82. The Balaban J connectivity index is 2.73. The van der Waals surface area contributed by atoms with E-state index in [1.807, 2.05) is 11.9 Å². The molecule has 0 unspecified atom stereocenters. The molecule has 1 aromatic rings. The average Bonchev–Trinajstić information content (AvgIpc) is 2.18. The van der Waals surface area contributed by atoms with Gasteiger partial charge in [-0.3, -0.25) is 0 Å². The molecule has 0 bridgehead atoms. The van der Waals surface area contributed by atoms with Crippen LogP contribution in [0.4, 0.5) is 11.5 Å². The van der Waals surface area contributed by atoms with Gasteiger partial charge in [0.2, 0.25) is 0 Å². The molecule has 1 rings (SSSR count). The molecule has 0 saturated carbocycles. The summed E-state index contributed by atoms with van der Waals surface area (Å²) >= 11 is 5.82. The van der Waals surface area contributed by atoms with Crippen molar-refractivity contribution in [3.63, 3.8) is 0 Å². The van der Waals surface area contributed by atoms with Crippen LogP contribution in [0.2, 0.25) is 5.15 Å². The van der Waals surface area contributed by atoms with E-state index in [2.05, 4.69) is 23.8 Å². The van der Waals surface area contributed by atoms with E-state index >= 15 is 0 Å². The van der Waals surface area contributed by atoms with Gasteiger partial charge in [-0.05, 0) is 12.3 Å². The number of halogens is 1. The molecule has 0 aromatic carbocycles. The van der Waals surface area contributed by atoms with Gasteiger partial charge in [0.25, 0.3) is 0 Å². The van der Waals surface area contributed by atoms with Crippen molar-refractivity contribution in [2.45, 2.75) is 20.3 Å². The van der Waals surface area contributed by atoms with Crippen molar-refractivity contribution >= 4 is 23.1 Å². The molecular weight excluding hydrogens is 212 g/mol. The maximum Gasteiger partial charge on any atom is 0.157 e. The third-order valence-electron chi connectivity index (χ3n) is 2.22. The Hall–Kier alpha value is -1.03. The van der Waals surface area contributed by atoms with Crippen LogP contribution in [0.1, 0.15) is 20.3 Å². The van der Waals surface area contributed by atoms with Crippen molar-refractivity contribution in [1.29, 1.82) is 0 Å². The number of anilines is 2. The quantitative estimate of drug-likeness (QED) is 0.803. The smallest absolute Gasteiger partial charge is 0.157 e. The molecule has 2 N–H and O–H groups in total. The van der Waals surface area contributed by atoms with E-state index in [4.69, 9.17) is 17.3 Å². The van der Waals surface area contributed by atoms with E-state index in [0.29, 0.717) is 22.6 Å². The van der Waals surface area contributed by atoms with E-state index < -0.39 is 0 Å². The number of nitrogens with zero attached hydrogens (tertiary/aromatic N) is 3. The van der Waals surface area contributed by atoms with E-state index in [0.717, 1.165) is 13.0 Å². The van der Waals surface area contributed by atoms with Gasteiger partial charge in [-0.25, -0.2) is 9.97 Å². The van der Waals surface area contributed by atoms with Gasteiger partial charge in [0.05, 0.1) is 0 Å². The van der Waals surface area contributed by atoms with Crippen LogP contribution in [0.5, 0.6) is 0 Å². The molecule has 1 aromatic heterocycles. The van der Waals surface area contributed by atoms with Crippen LogP contribution in [-0.2, 0) is 0 Å². The lowest BCUT2D eigenvalue weighted by molar-refractivity contribution is 0.583. The molecule has 0 saturated heterocycles. The van der Waals surface area contributed by atoms with Crippen LogP contribution in [0, 0.1) is 5.92 Å². The number of aromatic nitrogens is 2. The summed E-state index contributed by atoms with van der Waals surface area (Å²) in [5, 5.41) is 0.316. The van der Waals surface area contributed by atoms with Gasteiger partial charge in [-0.15, -0.1) is 0 Å². The highest BCUT2D eigenvalue weighted by atomic mass is 35.5. The van der Waals surface area contributed by atoms with E-state index in [1.165, 1.54) is 6.33 Å². The summed E-state index contributed by atoms with van der Waals surface area (Å²) in [7, 11) is 1.96. The van der Waals surface area contributed by atoms with E-state index in [9.17, 15) is 0 Å². The van der Waals surface area contributed by atoms with Crippen LogP contribution in [0.3, 0.4) is 0 Å². The van der Waals surface area contributed by atoms with Crippen molar-refractivity contribution in [3.8, 4) is 0 Å². The number of nitrogen functional groups attached to an aromatic ring is 1. The van der Waals surface area contributed by atoms with Crippen LogP contribution < -0.4 is 10.6 Å². The molecule has 0 amide bonds. The number of hydrogen-bond donors (Lipinski definition) is 1. The first-order chi connectivity index (χ1) is 7.02. The zero-order chi connectivity index (χ0) is 11.4. The van der Waals surface area contributed by atoms with Gasteiger partial charge in [0, 0.05) is 13.6 Å². The van der Waals surface area contributed by atoms with Crippen molar-refractivity contribution in [3.05, 3.63) is 11.5 Å². The first kappa shape index (κ1) is 12.0. The minimum Gasteiger partial charge on any atom is -0.393 e. The Labute approximate surface area is 95.5 Å². The molecule has 0 aliphatic rings. The third kappa shape index (κ3) is 3.23. The predicted octanol–water partition coefficient (Wildman–Crippen LogP) is 2.19. The minimum atomic E-state index is 0.316. The van der Waals surface area contributed by atoms with Gasteiger partial charge in [-0.2, -0.15) is 0 Å². The Bertz CT molecular complexity index is 327. The highest BCUT2D eigenvalue weighted by Crippen LogP contribution is 2.24. The Morgan fingerprint density at radius 3 is 2.73 bits per heavy atom. The summed E-state index contributed by atoms with van der Waals surface area (Å²) < 4.78 is 0. The first-order valence-corrected chi connectivity index (χ1v) is 5.37. The molecule has 0 radical (unpaired) electrons. The molecule has 0 aliphatic heterocycles. The van der Waals surface area contributed by atoms with Gasteiger partial charge < -0.3 is 10.6 Å². The summed E-state index contributed by atoms with van der Waals surface area (Å²) in [4.78, 5) is 9.94. The Kier molecular flexibility index (Phi) is 4.15. The third-order valence-corrected chi connectivity index (χ3v) is 2.52. The van der Waals surface area contributed by atoms with Crippen molar-refractivity contribution in [2.24, 2.45) is 5.92 Å². The lowest BCUT2D eigenvalue weighted by Gasteiger charge is -2.20. The number of rotatable bonds is 4. The topological polar surface area (TPSA) is 55.0 Å². The predicted molar refractivity (Wildman–Crippen MR) is 64.2 cm³/mol. The molecule has 84 valence electrons. The van der Waals surface area contributed by atoms with Crippen LogP contribution in [0.25, 0.3) is 0 Å². The fraction of sp³-hybridized carbons (Fsp3) is 0.600. The summed E-state index contributed by atoms with van der Waals surface area (Å²) in [6, 6.07) is 0. The molecule has 5 heteroatoms. The Morgan fingerprint density at radius 1 is 1.47 bits per heavy atom. The van der Waals surface area contributed by atoms with Crippen LogP contribution in [-0.4, -0.2) is 23.6 Å². The fourth-order valence-electron chi connectivity index (χ4n) is 1.23. The number of hydrogen-bond acceptors (Lipinski definition) is 4. The summed E-state index contributed by atoms with van der Waals surface area (Å²) in [6.07, 6.45) is 2.53. The highest BCUT2D eigenvalue weighted by molar-refractivity contribution is 6.32. The van der Waals surface area contributed by atoms with Crippen LogP contribution >= 0.6 is 11.6 Å². The normalized spacial score (nSPS) is 10.7. The molecule has 0 fully saturated rings. The summed E-state index contributed by atoms with van der Waals surface area (Å²) in [5.41, 5.74) is 6.24. The fourth-order valence-corrected chi connectivity index (χ4v) is 1.36. The van der Waals surface area contributed by atoms with E-state index in [1.54, 1.807) is 0 Å². The van der Waals surface area contributed by atoms with Gasteiger partial charge >= 0.3 is 0 Å². The van der Waals surface area contributed by atoms with Gasteiger partial charge in [0.1, 0.15) is 12.0 Å². The van der Waals surface area contributed by atoms with Crippen molar-refractivity contribution in [2.75, 3.05) is 24.2 Å². The minimum absolute atomic E-state index is 0.316. The van der Waals surface area contributed by atoms with Crippen molar-refractivity contribution < 1.29 is 0 Å². The van der Waals surface area contributed by atoms with Crippen molar-refractivity contribution in [1.82, 2.24) is 9.97 Å². The monoisotopic (exact) mass is 228 g/mol. The molecule has 0 aliphatic carbocycles. The summed E-state index contributed by atoms with van der Waals surface area (Å²) in [6.45, 7) is 5.28. The van der Waals surface area contributed by atoms with E-state index in [-0.39, 0.29) is 0 Å². The molecule has 15 heavy (non-hydrogen) atoms. The standard InChI is InChI=1S/C10H17ClN4/c1-7(2)4-5-15(3)10-8(12)9(11)13-6-14-10/h6-7H,4-5,12H2,1-3H3. The first-order valence-electron chi connectivity index (χ1n) is 4.99. The molecule has 4 nitrogen and oxygen atoms in total. The second-order valence-electron chi connectivity index (χ2n) is 4.01. The molecular formula is C10H17ClN4. The summed E-state index contributed by atoms with van der Waals surface area (Å²) in [5.74, 6) is 1.36. The second-order valence-corrected chi connectivity index (χ2v) is 4.36. The zero-order valence-electron chi connectivity index (χ0n) is 9.37. The zero-order valence-corrected chi connectivity index (χ0v) is 10.1. The van der Waals surface area contributed by atoms with Gasteiger partial charge in [-0.1, -0.05) is 25.4 Å².